The van der Waals surface area contributed by atoms with E-state index in [4.69, 9.17) is 11.6 Å². The lowest BCUT2D eigenvalue weighted by Gasteiger charge is -2.01. The first-order chi connectivity index (χ1) is 13.1. The van der Waals surface area contributed by atoms with Crippen molar-refractivity contribution in [1.29, 1.82) is 0 Å². The molecule has 0 aliphatic rings. The van der Waals surface area contributed by atoms with Gasteiger partial charge < -0.3 is 0 Å². The standard InChI is InChI=1S/C19H11ClN4O3/c20-14-5-1-13(2-6-14)18-16(11-25)19-21-17(9-10-23(19)22-18)12-3-7-15(8-4-12)24(26)27/h1-11H. The van der Waals surface area contributed by atoms with Crippen LogP contribution in [-0.2, 0) is 0 Å². The number of fused-ring (bicyclic) bond motifs is 1. The topological polar surface area (TPSA) is 90.4 Å². The van der Waals surface area contributed by atoms with Gasteiger partial charge in [-0.3, -0.25) is 14.9 Å². The van der Waals surface area contributed by atoms with Crippen LogP contribution in [0.3, 0.4) is 0 Å². The monoisotopic (exact) mass is 378 g/mol. The molecule has 2 aromatic carbocycles. The number of nitro groups is 1. The molecule has 8 heteroatoms. The van der Waals surface area contributed by atoms with Crippen molar-refractivity contribution in [3.8, 4) is 22.5 Å². The van der Waals surface area contributed by atoms with Gasteiger partial charge in [0.1, 0.15) is 5.69 Å². The molecular formula is C19H11ClN4O3. The Bertz CT molecular complexity index is 1170. The SMILES string of the molecule is O=Cc1c(-c2ccc(Cl)cc2)nn2ccc(-c3ccc([N+](=O)[O-])cc3)nc12. The Morgan fingerprint density at radius 1 is 1.00 bits per heavy atom. The number of nitro benzene ring substituents is 1. The number of aldehydes is 1. The molecule has 0 amide bonds. The number of halogens is 1. The summed E-state index contributed by atoms with van der Waals surface area (Å²) < 4.78 is 1.53. The van der Waals surface area contributed by atoms with Crippen molar-refractivity contribution in [3.63, 3.8) is 0 Å². The molecule has 7 nitrogen and oxygen atoms in total. The van der Waals surface area contributed by atoms with E-state index < -0.39 is 4.92 Å². The molecule has 0 saturated carbocycles. The second-order valence-corrected chi connectivity index (χ2v) is 6.21. The molecule has 0 atom stereocenters. The van der Waals surface area contributed by atoms with E-state index in [0.29, 0.717) is 33.2 Å². The fraction of sp³-hybridized carbons (Fsp3) is 0. The molecule has 0 saturated heterocycles. The Morgan fingerprint density at radius 2 is 1.67 bits per heavy atom. The highest BCUT2D eigenvalue weighted by Crippen LogP contribution is 2.27. The first-order valence-corrected chi connectivity index (χ1v) is 8.30. The van der Waals surface area contributed by atoms with Gasteiger partial charge in [0.15, 0.2) is 11.9 Å². The van der Waals surface area contributed by atoms with Crippen molar-refractivity contribution in [2.75, 3.05) is 0 Å². The molecule has 0 N–H and O–H groups in total. The summed E-state index contributed by atoms with van der Waals surface area (Å²) >= 11 is 5.92. The van der Waals surface area contributed by atoms with E-state index in [1.54, 1.807) is 48.7 Å². The third kappa shape index (κ3) is 3.04. The summed E-state index contributed by atoms with van der Waals surface area (Å²) in [4.78, 5) is 26.6. The van der Waals surface area contributed by atoms with Crippen LogP contribution in [-0.4, -0.2) is 25.8 Å². The van der Waals surface area contributed by atoms with E-state index in [-0.39, 0.29) is 5.69 Å². The van der Waals surface area contributed by atoms with Crippen LogP contribution in [0.1, 0.15) is 10.4 Å². The van der Waals surface area contributed by atoms with E-state index in [1.165, 1.54) is 16.6 Å². The highest BCUT2D eigenvalue weighted by molar-refractivity contribution is 6.30. The zero-order valence-electron chi connectivity index (χ0n) is 13.7. The lowest BCUT2D eigenvalue weighted by molar-refractivity contribution is -0.384. The molecule has 27 heavy (non-hydrogen) atoms. The number of hydrogen-bond donors (Lipinski definition) is 0. The molecule has 0 spiro atoms. The summed E-state index contributed by atoms with van der Waals surface area (Å²) in [5.41, 5.74) is 3.32. The van der Waals surface area contributed by atoms with Crippen LogP contribution in [0, 0.1) is 10.1 Å². The van der Waals surface area contributed by atoms with Crippen LogP contribution in [0.2, 0.25) is 5.02 Å². The Morgan fingerprint density at radius 3 is 2.30 bits per heavy atom. The van der Waals surface area contributed by atoms with Gasteiger partial charge in [0.05, 0.1) is 16.2 Å². The summed E-state index contributed by atoms with van der Waals surface area (Å²) in [5.74, 6) is 0. The van der Waals surface area contributed by atoms with Crippen LogP contribution < -0.4 is 0 Å². The van der Waals surface area contributed by atoms with Crippen molar-refractivity contribution < 1.29 is 9.72 Å². The highest BCUT2D eigenvalue weighted by atomic mass is 35.5. The van der Waals surface area contributed by atoms with Gasteiger partial charge in [-0.05, 0) is 30.3 Å². The number of rotatable bonds is 4. The Kier molecular flexibility index (Phi) is 4.13. The molecule has 0 bridgehead atoms. The van der Waals surface area contributed by atoms with Crippen LogP contribution in [0.15, 0.2) is 60.8 Å². The van der Waals surface area contributed by atoms with E-state index >= 15 is 0 Å². The van der Waals surface area contributed by atoms with Gasteiger partial charge in [0.2, 0.25) is 0 Å². The Balaban J connectivity index is 1.83. The lowest BCUT2D eigenvalue weighted by atomic mass is 10.1. The smallest absolute Gasteiger partial charge is 0.269 e. The fourth-order valence-electron chi connectivity index (χ4n) is 2.79. The van der Waals surface area contributed by atoms with E-state index in [2.05, 4.69) is 10.1 Å². The molecule has 132 valence electrons. The molecule has 0 aliphatic carbocycles. The van der Waals surface area contributed by atoms with Crippen molar-refractivity contribution in [3.05, 3.63) is 81.5 Å². The zero-order valence-corrected chi connectivity index (χ0v) is 14.5. The second kappa shape index (κ2) is 6.62. The number of carbonyl (C=O) groups is 1. The number of nitrogens with zero attached hydrogens (tertiary/aromatic N) is 4. The Labute approximate surface area is 158 Å². The minimum absolute atomic E-state index is 0.00258. The maximum absolute atomic E-state index is 11.7. The summed E-state index contributed by atoms with van der Waals surface area (Å²) in [6.45, 7) is 0. The van der Waals surface area contributed by atoms with Crippen molar-refractivity contribution >= 4 is 29.2 Å². The average Bonchev–Trinajstić information content (AvgIpc) is 3.06. The van der Waals surface area contributed by atoms with E-state index in [1.807, 2.05) is 0 Å². The largest absolute Gasteiger partial charge is 0.298 e. The third-order valence-electron chi connectivity index (χ3n) is 4.13. The highest BCUT2D eigenvalue weighted by Gasteiger charge is 2.16. The molecular weight excluding hydrogens is 368 g/mol. The van der Waals surface area contributed by atoms with Gasteiger partial charge in [-0.25, -0.2) is 9.50 Å². The molecule has 0 radical (unpaired) electrons. The number of aromatic nitrogens is 3. The molecule has 2 aromatic heterocycles. The van der Waals surface area contributed by atoms with Gasteiger partial charge in [-0.15, -0.1) is 0 Å². The first-order valence-electron chi connectivity index (χ1n) is 7.92. The summed E-state index contributed by atoms with van der Waals surface area (Å²) in [5, 5.41) is 15.8. The summed E-state index contributed by atoms with van der Waals surface area (Å²) in [6, 6.07) is 14.8. The molecule has 0 fully saturated rings. The van der Waals surface area contributed by atoms with Gasteiger partial charge in [0.25, 0.3) is 5.69 Å². The predicted molar refractivity (Wildman–Crippen MR) is 101 cm³/mol. The lowest BCUT2D eigenvalue weighted by Crippen LogP contribution is -1.93. The minimum Gasteiger partial charge on any atom is -0.298 e. The molecule has 4 rings (SSSR count). The molecule has 2 heterocycles. The van der Waals surface area contributed by atoms with E-state index in [9.17, 15) is 14.9 Å². The third-order valence-corrected chi connectivity index (χ3v) is 4.38. The van der Waals surface area contributed by atoms with Crippen molar-refractivity contribution in [2.45, 2.75) is 0 Å². The van der Waals surface area contributed by atoms with Crippen LogP contribution >= 0.6 is 11.6 Å². The van der Waals surface area contributed by atoms with E-state index in [0.717, 1.165) is 11.8 Å². The van der Waals surface area contributed by atoms with Crippen molar-refractivity contribution in [2.24, 2.45) is 0 Å². The minimum atomic E-state index is -0.458. The molecule has 0 unspecified atom stereocenters. The summed E-state index contributed by atoms with van der Waals surface area (Å²) in [7, 11) is 0. The first kappa shape index (κ1) is 16.9. The van der Waals surface area contributed by atoms with Gasteiger partial charge in [-0.2, -0.15) is 5.10 Å². The maximum atomic E-state index is 11.7. The van der Waals surface area contributed by atoms with Gasteiger partial charge in [-0.1, -0.05) is 23.7 Å². The maximum Gasteiger partial charge on any atom is 0.269 e. The number of carbonyl (C=O) groups excluding carboxylic acids is 1. The van der Waals surface area contributed by atoms with Crippen LogP contribution in [0.5, 0.6) is 0 Å². The number of hydrogen-bond acceptors (Lipinski definition) is 5. The molecule has 0 aliphatic heterocycles. The predicted octanol–water partition coefficient (Wildman–Crippen LogP) is 4.44. The van der Waals surface area contributed by atoms with Gasteiger partial charge in [0, 0.05) is 34.5 Å². The number of benzene rings is 2. The summed E-state index contributed by atoms with van der Waals surface area (Å²) in [6.07, 6.45) is 2.42. The normalized spacial score (nSPS) is 10.9. The number of non-ortho nitro benzene ring substituents is 1. The Hall–Kier alpha value is -3.58. The quantitative estimate of drug-likeness (QED) is 0.297. The average molecular weight is 379 g/mol. The van der Waals surface area contributed by atoms with Crippen LogP contribution in [0.25, 0.3) is 28.2 Å². The van der Waals surface area contributed by atoms with Gasteiger partial charge >= 0.3 is 0 Å². The molecule has 4 aromatic rings. The zero-order chi connectivity index (χ0) is 19.0. The van der Waals surface area contributed by atoms with Crippen molar-refractivity contribution in [1.82, 2.24) is 14.6 Å². The van der Waals surface area contributed by atoms with Crippen LogP contribution in [0.4, 0.5) is 5.69 Å². The second-order valence-electron chi connectivity index (χ2n) is 5.77. The fourth-order valence-corrected chi connectivity index (χ4v) is 2.92.